The Bertz CT molecular complexity index is 459. The first-order valence-corrected chi connectivity index (χ1v) is 7.85. The average molecular weight is 341 g/mol. The summed E-state index contributed by atoms with van der Waals surface area (Å²) in [4.78, 5) is 11.7. The molecule has 1 aromatic rings. The molecule has 5 heteroatoms. The second-order valence-corrected chi connectivity index (χ2v) is 5.95. The van der Waals surface area contributed by atoms with Crippen molar-refractivity contribution in [1.82, 2.24) is 10.6 Å². The summed E-state index contributed by atoms with van der Waals surface area (Å²) in [6, 6.07) is 6.28. The molecular formula is C15H21BrN2O2. The van der Waals surface area contributed by atoms with Crippen LogP contribution in [0.15, 0.2) is 22.7 Å². The molecule has 1 fully saturated rings. The van der Waals surface area contributed by atoms with E-state index in [2.05, 4.69) is 26.6 Å². The molecule has 0 saturated heterocycles. The van der Waals surface area contributed by atoms with E-state index in [1.807, 2.05) is 18.2 Å². The summed E-state index contributed by atoms with van der Waals surface area (Å²) in [6.45, 7) is 0.636. The van der Waals surface area contributed by atoms with Crippen LogP contribution >= 0.6 is 15.9 Å². The van der Waals surface area contributed by atoms with E-state index < -0.39 is 0 Å². The second-order valence-electron chi connectivity index (χ2n) is 5.10. The minimum atomic E-state index is -0.0514. The van der Waals surface area contributed by atoms with E-state index in [0.29, 0.717) is 12.6 Å². The Morgan fingerprint density at radius 2 is 2.15 bits per heavy atom. The molecule has 2 amide bonds. The van der Waals surface area contributed by atoms with Crippen LogP contribution in [0.5, 0.6) is 5.75 Å². The maximum absolute atomic E-state index is 11.7. The number of carbonyl (C=O) groups is 1. The minimum Gasteiger partial charge on any atom is -0.496 e. The zero-order chi connectivity index (χ0) is 14.4. The van der Waals surface area contributed by atoms with Gasteiger partial charge in [0.2, 0.25) is 0 Å². The lowest BCUT2D eigenvalue weighted by molar-refractivity contribution is 0.237. The quantitative estimate of drug-likeness (QED) is 0.864. The first-order chi connectivity index (χ1) is 9.69. The number of amides is 2. The molecule has 0 aromatic heterocycles. The van der Waals surface area contributed by atoms with Gasteiger partial charge in [0.25, 0.3) is 0 Å². The molecule has 1 aliphatic rings. The molecule has 2 N–H and O–H groups in total. The van der Waals surface area contributed by atoms with Crippen LogP contribution in [0.3, 0.4) is 0 Å². The van der Waals surface area contributed by atoms with Gasteiger partial charge in [-0.15, -0.1) is 0 Å². The van der Waals surface area contributed by atoms with Crippen LogP contribution in [-0.4, -0.2) is 25.7 Å². The fraction of sp³-hybridized carbons (Fsp3) is 0.533. The van der Waals surface area contributed by atoms with Gasteiger partial charge in [0.05, 0.1) is 11.6 Å². The van der Waals surface area contributed by atoms with Crippen LogP contribution in [0.1, 0.15) is 31.2 Å². The zero-order valence-electron chi connectivity index (χ0n) is 11.7. The normalized spacial score (nSPS) is 15.1. The highest BCUT2D eigenvalue weighted by Gasteiger charge is 2.16. The summed E-state index contributed by atoms with van der Waals surface area (Å²) in [6.07, 6.45) is 5.48. The first-order valence-electron chi connectivity index (χ1n) is 7.06. The fourth-order valence-corrected chi connectivity index (χ4v) is 3.08. The van der Waals surface area contributed by atoms with Crippen molar-refractivity contribution in [3.05, 3.63) is 28.2 Å². The Balaban J connectivity index is 1.72. The van der Waals surface area contributed by atoms with Crippen molar-refractivity contribution in [2.45, 2.75) is 38.1 Å². The van der Waals surface area contributed by atoms with Crippen molar-refractivity contribution in [2.75, 3.05) is 13.7 Å². The minimum absolute atomic E-state index is 0.0514. The van der Waals surface area contributed by atoms with Gasteiger partial charge in [-0.25, -0.2) is 4.79 Å². The van der Waals surface area contributed by atoms with Gasteiger partial charge in [-0.2, -0.15) is 0 Å². The van der Waals surface area contributed by atoms with Crippen molar-refractivity contribution in [3.63, 3.8) is 0 Å². The van der Waals surface area contributed by atoms with Gasteiger partial charge in [-0.3, -0.25) is 0 Å². The third-order valence-corrected chi connectivity index (χ3v) is 4.23. The third kappa shape index (κ3) is 4.40. The molecule has 0 atom stereocenters. The fourth-order valence-electron chi connectivity index (χ4n) is 2.49. The van der Waals surface area contributed by atoms with E-state index in [0.717, 1.165) is 29.5 Å². The van der Waals surface area contributed by atoms with E-state index in [1.54, 1.807) is 7.11 Å². The van der Waals surface area contributed by atoms with Crippen LogP contribution in [-0.2, 0) is 6.42 Å². The van der Waals surface area contributed by atoms with Crippen molar-refractivity contribution >= 4 is 22.0 Å². The molecule has 1 aromatic carbocycles. The molecule has 0 aliphatic heterocycles. The number of ether oxygens (including phenoxy) is 1. The number of rotatable bonds is 5. The van der Waals surface area contributed by atoms with Crippen LogP contribution in [0, 0.1) is 0 Å². The number of halogens is 1. The standard InChI is InChI=1S/C15H21BrN2O2/c1-20-14-7-6-11(10-13(14)16)8-9-17-15(19)18-12-4-2-3-5-12/h6-7,10,12H,2-5,8-9H2,1H3,(H2,17,18,19). The molecule has 0 radical (unpaired) electrons. The number of benzene rings is 1. The summed E-state index contributed by atoms with van der Waals surface area (Å²) in [5.74, 6) is 0.820. The van der Waals surface area contributed by atoms with E-state index in [9.17, 15) is 4.79 Å². The first kappa shape index (κ1) is 15.2. The Morgan fingerprint density at radius 1 is 1.40 bits per heavy atom. The Labute approximate surface area is 128 Å². The highest BCUT2D eigenvalue weighted by molar-refractivity contribution is 9.10. The van der Waals surface area contributed by atoms with E-state index in [-0.39, 0.29) is 6.03 Å². The van der Waals surface area contributed by atoms with Crippen molar-refractivity contribution in [2.24, 2.45) is 0 Å². The second kappa shape index (κ2) is 7.53. The van der Waals surface area contributed by atoms with Gasteiger partial charge >= 0.3 is 6.03 Å². The van der Waals surface area contributed by atoms with Gasteiger partial charge in [-0.05, 0) is 52.9 Å². The molecule has 110 valence electrons. The predicted octanol–water partition coefficient (Wildman–Crippen LogP) is 3.24. The Morgan fingerprint density at radius 3 is 2.80 bits per heavy atom. The lowest BCUT2D eigenvalue weighted by Gasteiger charge is -2.13. The largest absolute Gasteiger partial charge is 0.496 e. The van der Waals surface area contributed by atoms with Crippen LogP contribution in [0.4, 0.5) is 4.79 Å². The SMILES string of the molecule is COc1ccc(CCNC(=O)NC2CCCC2)cc1Br. The smallest absolute Gasteiger partial charge is 0.315 e. The molecule has 1 saturated carbocycles. The zero-order valence-corrected chi connectivity index (χ0v) is 13.3. The molecule has 0 unspecified atom stereocenters. The summed E-state index contributed by atoms with van der Waals surface area (Å²) < 4.78 is 6.13. The van der Waals surface area contributed by atoms with Crippen LogP contribution in [0.2, 0.25) is 0 Å². The Hall–Kier alpha value is -1.23. The highest BCUT2D eigenvalue weighted by atomic mass is 79.9. The predicted molar refractivity (Wildman–Crippen MR) is 83.2 cm³/mol. The number of hydrogen-bond donors (Lipinski definition) is 2. The van der Waals surface area contributed by atoms with Crippen LogP contribution < -0.4 is 15.4 Å². The van der Waals surface area contributed by atoms with Gasteiger partial charge < -0.3 is 15.4 Å². The molecule has 0 heterocycles. The summed E-state index contributed by atoms with van der Waals surface area (Å²) in [7, 11) is 1.65. The molecule has 0 bridgehead atoms. The summed E-state index contributed by atoms with van der Waals surface area (Å²) in [5, 5.41) is 5.92. The van der Waals surface area contributed by atoms with E-state index in [4.69, 9.17) is 4.74 Å². The van der Waals surface area contributed by atoms with Gasteiger partial charge in [0.15, 0.2) is 0 Å². The number of hydrogen-bond acceptors (Lipinski definition) is 2. The van der Waals surface area contributed by atoms with Crippen LogP contribution in [0.25, 0.3) is 0 Å². The van der Waals surface area contributed by atoms with Crippen molar-refractivity contribution < 1.29 is 9.53 Å². The number of methoxy groups -OCH3 is 1. The molecule has 1 aliphatic carbocycles. The van der Waals surface area contributed by atoms with E-state index in [1.165, 1.54) is 18.4 Å². The molecule has 4 nitrogen and oxygen atoms in total. The number of nitrogens with one attached hydrogen (secondary N) is 2. The lowest BCUT2D eigenvalue weighted by atomic mass is 10.1. The third-order valence-electron chi connectivity index (χ3n) is 3.61. The van der Waals surface area contributed by atoms with Gasteiger partial charge in [0.1, 0.15) is 5.75 Å². The highest BCUT2D eigenvalue weighted by Crippen LogP contribution is 2.25. The van der Waals surface area contributed by atoms with E-state index >= 15 is 0 Å². The maximum Gasteiger partial charge on any atom is 0.315 e. The van der Waals surface area contributed by atoms with Gasteiger partial charge in [0, 0.05) is 12.6 Å². The van der Waals surface area contributed by atoms with Gasteiger partial charge in [-0.1, -0.05) is 18.9 Å². The lowest BCUT2D eigenvalue weighted by Crippen LogP contribution is -2.41. The Kier molecular flexibility index (Phi) is 5.71. The summed E-state index contributed by atoms with van der Waals surface area (Å²) >= 11 is 3.46. The monoisotopic (exact) mass is 340 g/mol. The topological polar surface area (TPSA) is 50.4 Å². The molecule has 20 heavy (non-hydrogen) atoms. The van der Waals surface area contributed by atoms with Crippen molar-refractivity contribution in [1.29, 1.82) is 0 Å². The molecule has 0 spiro atoms. The molecular weight excluding hydrogens is 320 g/mol. The maximum atomic E-state index is 11.7. The summed E-state index contributed by atoms with van der Waals surface area (Å²) in [5.41, 5.74) is 1.17. The van der Waals surface area contributed by atoms with Crippen molar-refractivity contribution in [3.8, 4) is 5.75 Å². The number of carbonyl (C=O) groups excluding carboxylic acids is 1. The number of urea groups is 1. The average Bonchev–Trinajstić information content (AvgIpc) is 2.92. The molecule has 2 rings (SSSR count).